The van der Waals surface area contributed by atoms with Gasteiger partial charge in [0, 0.05) is 23.9 Å². The van der Waals surface area contributed by atoms with Crippen molar-refractivity contribution in [2.45, 2.75) is 64.2 Å². The van der Waals surface area contributed by atoms with Gasteiger partial charge in [-0.2, -0.15) is 0 Å². The SMILES string of the molecule is COc1ccc2nccc(C(O)C(C(=O)O)[C@H]3CC[C@H](NC(=O)OC(C)(C)C)CC3)c2n1. The van der Waals surface area contributed by atoms with E-state index in [0.717, 1.165) is 0 Å². The van der Waals surface area contributed by atoms with E-state index in [-0.39, 0.29) is 12.0 Å². The highest BCUT2D eigenvalue weighted by Gasteiger charge is 2.39. The van der Waals surface area contributed by atoms with E-state index in [4.69, 9.17) is 9.47 Å². The third kappa shape index (κ3) is 5.64. The number of aliphatic hydroxyl groups excluding tert-OH is 1. The summed E-state index contributed by atoms with van der Waals surface area (Å²) in [6.07, 6.45) is 2.17. The zero-order valence-corrected chi connectivity index (χ0v) is 18.9. The fraction of sp³-hybridized carbons (Fsp3) is 0.565. The smallest absolute Gasteiger partial charge is 0.407 e. The van der Waals surface area contributed by atoms with Crippen LogP contribution in [-0.2, 0) is 9.53 Å². The molecule has 0 spiro atoms. The van der Waals surface area contributed by atoms with Crippen molar-refractivity contribution in [3.8, 4) is 5.88 Å². The average molecular weight is 446 g/mol. The van der Waals surface area contributed by atoms with E-state index < -0.39 is 29.7 Å². The second-order valence-corrected chi connectivity index (χ2v) is 9.19. The summed E-state index contributed by atoms with van der Waals surface area (Å²) >= 11 is 0. The van der Waals surface area contributed by atoms with Gasteiger partial charge in [0.15, 0.2) is 0 Å². The topological polar surface area (TPSA) is 131 Å². The van der Waals surface area contributed by atoms with Gasteiger partial charge in [-0.25, -0.2) is 9.78 Å². The Morgan fingerprint density at radius 1 is 1.16 bits per heavy atom. The number of fused-ring (bicyclic) bond motifs is 1. The van der Waals surface area contributed by atoms with Gasteiger partial charge in [0.25, 0.3) is 0 Å². The number of carbonyl (C=O) groups is 2. The molecule has 0 saturated heterocycles. The molecule has 2 heterocycles. The highest BCUT2D eigenvalue weighted by Crippen LogP contribution is 2.39. The van der Waals surface area contributed by atoms with Crippen LogP contribution < -0.4 is 10.1 Å². The first kappa shape index (κ1) is 23.7. The number of carboxylic acids is 1. The van der Waals surface area contributed by atoms with Crippen LogP contribution in [0.1, 0.15) is 58.1 Å². The summed E-state index contributed by atoms with van der Waals surface area (Å²) in [4.78, 5) is 32.8. The third-order valence-electron chi connectivity index (χ3n) is 5.74. The van der Waals surface area contributed by atoms with E-state index in [1.165, 1.54) is 13.3 Å². The lowest BCUT2D eigenvalue weighted by Crippen LogP contribution is -2.42. The summed E-state index contributed by atoms with van der Waals surface area (Å²) in [5, 5.41) is 23.9. The molecule has 2 unspecified atom stereocenters. The predicted molar refractivity (Wildman–Crippen MR) is 117 cm³/mol. The van der Waals surface area contributed by atoms with Crippen LogP contribution in [0.15, 0.2) is 24.4 Å². The Labute approximate surface area is 187 Å². The van der Waals surface area contributed by atoms with Gasteiger partial charge in [-0.1, -0.05) is 0 Å². The molecule has 2 atom stereocenters. The van der Waals surface area contributed by atoms with Crippen LogP contribution in [-0.4, -0.2) is 51.0 Å². The molecule has 32 heavy (non-hydrogen) atoms. The standard InChI is InChI=1S/C23H31N3O6/c1-23(2,3)32-22(30)25-14-7-5-13(6-8-14)18(21(28)29)20(27)15-11-12-24-16-9-10-17(31-4)26-19(15)16/h9-14,18,20,27H,5-8H2,1-4H3,(H,25,30)(H,28,29)/t13-,14-,18?,20?. The van der Waals surface area contributed by atoms with E-state index in [1.54, 1.807) is 39.0 Å². The van der Waals surface area contributed by atoms with Crippen molar-refractivity contribution in [2.75, 3.05) is 7.11 Å². The number of ether oxygens (including phenoxy) is 2. The Hall–Kier alpha value is -2.94. The highest BCUT2D eigenvalue weighted by molar-refractivity contribution is 5.80. The lowest BCUT2D eigenvalue weighted by atomic mass is 9.74. The molecule has 0 aromatic carbocycles. The Morgan fingerprint density at radius 2 is 1.84 bits per heavy atom. The Kier molecular flexibility index (Phi) is 7.18. The molecule has 0 bridgehead atoms. The predicted octanol–water partition coefficient (Wildman–Crippen LogP) is 3.46. The molecule has 2 aromatic rings. The van der Waals surface area contributed by atoms with Crippen molar-refractivity contribution in [1.82, 2.24) is 15.3 Å². The fourth-order valence-corrected chi connectivity index (χ4v) is 4.26. The normalized spacial score (nSPS) is 20.9. The number of nitrogens with one attached hydrogen (secondary N) is 1. The number of methoxy groups -OCH3 is 1. The Balaban J connectivity index is 1.74. The molecule has 9 heteroatoms. The molecule has 174 valence electrons. The number of pyridine rings is 2. The molecule has 1 fully saturated rings. The number of rotatable bonds is 6. The molecule has 0 radical (unpaired) electrons. The van der Waals surface area contributed by atoms with Gasteiger partial charge in [-0.15, -0.1) is 0 Å². The number of aliphatic hydroxyl groups is 1. The van der Waals surface area contributed by atoms with Gasteiger partial charge in [0.05, 0.1) is 30.2 Å². The number of carboxylic acid groups (broad SMARTS) is 1. The van der Waals surface area contributed by atoms with E-state index in [0.29, 0.717) is 48.2 Å². The maximum atomic E-state index is 12.2. The van der Waals surface area contributed by atoms with Crippen molar-refractivity contribution in [3.63, 3.8) is 0 Å². The minimum atomic E-state index is -1.25. The quantitative estimate of drug-likeness (QED) is 0.616. The van der Waals surface area contributed by atoms with Crippen LogP contribution in [0, 0.1) is 11.8 Å². The summed E-state index contributed by atoms with van der Waals surface area (Å²) in [6, 6.07) is 4.91. The lowest BCUT2D eigenvalue weighted by molar-refractivity contribution is -0.149. The van der Waals surface area contributed by atoms with Crippen LogP contribution in [0.3, 0.4) is 0 Å². The maximum absolute atomic E-state index is 12.2. The van der Waals surface area contributed by atoms with Crippen LogP contribution in [0.4, 0.5) is 4.79 Å². The molecule has 1 aliphatic rings. The molecule has 1 amide bonds. The van der Waals surface area contributed by atoms with Crippen molar-refractivity contribution in [1.29, 1.82) is 0 Å². The summed E-state index contributed by atoms with van der Waals surface area (Å²) < 4.78 is 10.5. The number of aliphatic carboxylic acids is 1. The van der Waals surface area contributed by atoms with Gasteiger partial charge >= 0.3 is 12.1 Å². The van der Waals surface area contributed by atoms with Gasteiger partial charge < -0.3 is 25.0 Å². The van der Waals surface area contributed by atoms with Crippen molar-refractivity contribution in [3.05, 3.63) is 30.0 Å². The summed E-state index contributed by atoms with van der Waals surface area (Å²) in [7, 11) is 1.49. The number of amides is 1. The lowest BCUT2D eigenvalue weighted by Gasteiger charge is -2.34. The summed E-state index contributed by atoms with van der Waals surface area (Å²) in [5.41, 5.74) is 0.807. The molecule has 9 nitrogen and oxygen atoms in total. The number of hydrogen-bond acceptors (Lipinski definition) is 7. The minimum absolute atomic E-state index is 0.0830. The molecular formula is C23H31N3O6. The number of alkyl carbamates (subject to hydrolysis) is 1. The molecule has 3 rings (SSSR count). The Bertz CT molecular complexity index is 966. The van der Waals surface area contributed by atoms with E-state index >= 15 is 0 Å². The molecule has 2 aromatic heterocycles. The molecule has 3 N–H and O–H groups in total. The Morgan fingerprint density at radius 3 is 2.44 bits per heavy atom. The third-order valence-corrected chi connectivity index (χ3v) is 5.74. The molecule has 1 saturated carbocycles. The summed E-state index contributed by atoms with van der Waals surface area (Å²) in [5.74, 6) is -1.95. The monoisotopic (exact) mass is 445 g/mol. The number of hydrogen-bond donors (Lipinski definition) is 3. The maximum Gasteiger partial charge on any atom is 0.407 e. The first-order valence-corrected chi connectivity index (χ1v) is 10.8. The second-order valence-electron chi connectivity index (χ2n) is 9.19. The van der Waals surface area contributed by atoms with E-state index in [2.05, 4.69) is 15.3 Å². The average Bonchev–Trinajstić information content (AvgIpc) is 2.72. The van der Waals surface area contributed by atoms with E-state index in [9.17, 15) is 19.8 Å². The van der Waals surface area contributed by atoms with Crippen molar-refractivity contribution in [2.24, 2.45) is 11.8 Å². The van der Waals surface area contributed by atoms with Gasteiger partial charge in [-0.3, -0.25) is 9.78 Å². The van der Waals surface area contributed by atoms with Gasteiger partial charge in [-0.05, 0) is 64.5 Å². The van der Waals surface area contributed by atoms with Crippen molar-refractivity contribution < 1.29 is 29.3 Å². The van der Waals surface area contributed by atoms with Gasteiger partial charge in [0.2, 0.25) is 5.88 Å². The molecule has 0 aliphatic heterocycles. The largest absolute Gasteiger partial charge is 0.481 e. The van der Waals surface area contributed by atoms with Crippen molar-refractivity contribution >= 4 is 23.1 Å². The first-order chi connectivity index (χ1) is 15.1. The molecular weight excluding hydrogens is 414 g/mol. The number of carbonyl (C=O) groups excluding carboxylic acids is 1. The zero-order chi connectivity index (χ0) is 23.5. The minimum Gasteiger partial charge on any atom is -0.481 e. The zero-order valence-electron chi connectivity index (χ0n) is 18.9. The van der Waals surface area contributed by atoms with Gasteiger partial charge in [0.1, 0.15) is 5.60 Å². The summed E-state index contributed by atoms with van der Waals surface area (Å²) in [6.45, 7) is 5.40. The highest BCUT2D eigenvalue weighted by atomic mass is 16.6. The van der Waals surface area contributed by atoms with Crippen LogP contribution in [0.5, 0.6) is 5.88 Å². The van der Waals surface area contributed by atoms with Crippen LogP contribution >= 0.6 is 0 Å². The first-order valence-electron chi connectivity index (χ1n) is 10.8. The number of aromatic nitrogens is 2. The number of nitrogens with zero attached hydrogens (tertiary/aromatic N) is 2. The van der Waals surface area contributed by atoms with E-state index in [1.807, 2.05) is 0 Å². The van der Waals surface area contributed by atoms with Crippen LogP contribution in [0.2, 0.25) is 0 Å². The van der Waals surface area contributed by atoms with Crippen LogP contribution in [0.25, 0.3) is 11.0 Å². The second kappa shape index (κ2) is 9.68. The fourth-order valence-electron chi connectivity index (χ4n) is 4.26. The molecule has 1 aliphatic carbocycles.